The molecule has 1 aliphatic rings. The highest BCUT2D eigenvalue weighted by Gasteiger charge is 2.25. The Bertz CT molecular complexity index is 244. The normalized spacial score (nSPS) is 25.8. The Labute approximate surface area is 81.4 Å². The maximum absolute atomic E-state index is 9.90. The molecule has 3 nitrogen and oxygen atoms in total. The summed E-state index contributed by atoms with van der Waals surface area (Å²) in [6.45, 7) is 1.50. The molecular weight excluding hydrogens is 186 g/mol. The van der Waals surface area contributed by atoms with Gasteiger partial charge in [-0.2, -0.15) is 0 Å². The van der Waals surface area contributed by atoms with Crippen LogP contribution in [-0.4, -0.2) is 23.3 Å². The number of hydrogen-bond acceptors (Lipinski definition) is 4. The van der Waals surface area contributed by atoms with E-state index in [1.54, 1.807) is 6.20 Å². The first-order valence-corrected chi connectivity index (χ1v) is 5.41. The topological polar surface area (TPSA) is 42.4 Å². The molecule has 2 atom stereocenters. The van der Waals surface area contributed by atoms with Crippen LogP contribution in [0.5, 0.6) is 0 Å². The van der Waals surface area contributed by atoms with Crippen molar-refractivity contribution in [2.75, 3.05) is 13.2 Å². The van der Waals surface area contributed by atoms with Gasteiger partial charge in [0.15, 0.2) is 0 Å². The minimum absolute atomic E-state index is 0.236. The highest BCUT2D eigenvalue weighted by Crippen LogP contribution is 2.29. The summed E-state index contributed by atoms with van der Waals surface area (Å²) < 4.78 is 5.32. The molecule has 2 rings (SSSR count). The van der Waals surface area contributed by atoms with Crippen LogP contribution in [0.2, 0.25) is 0 Å². The molecule has 1 saturated heterocycles. The Morgan fingerprint density at radius 2 is 2.62 bits per heavy atom. The molecule has 0 bridgehead atoms. The monoisotopic (exact) mass is 199 g/mol. The molecule has 0 aliphatic carbocycles. The van der Waals surface area contributed by atoms with Gasteiger partial charge in [0.2, 0.25) is 0 Å². The Hall–Kier alpha value is -0.450. The number of aliphatic hydroxyl groups is 1. The number of hydrogen-bond donors (Lipinski definition) is 1. The fourth-order valence-electron chi connectivity index (χ4n) is 1.60. The van der Waals surface area contributed by atoms with Gasteiger partial charge >= 0.3 is 0 Å². The van der Waals surface area contributed by atoms with Gasteiger partial charge in [-0.1, -0.05) is 0 Å². The van der Waals surface area contributed by atoms with E-state index in [-0.39, 0.29) is 5.92 Å². The van der Waals surface area contributed by atoms with Gasteiger partial charge in [0.25, 0.3) is 0 Å². The first-order chi connectivity index (χ1) is 6.38. The van der Waals surface area contributed by atoms with Gasteiger partial charge in [-0.25, -0.2) is 4.98 Å². The average molecular weight is 199 g/mol. The van der Waals surface area contributed by atoms with Crippen molar-refractivity contribution in [2.45, 2.75) is 18.9 Å². The number of rotatable bonds is 2. The summed E-state index contributed by atoms with van der Waals surface area (Å²) in [4.78, 5) is 4.10. The Kier molecular flexibility index (Phi) is 2.93. The molecule has 0 saturated carbocycles. The lowest BCUT2D eigenvalue weighted by molar-refractivity contribution is -0.0100. The number of aromatic nitrogens is 1. The third kappa shape index (κ3) is 2.07. The smallest absolute Gasteiger partial charge is 0.122 e. The maximum atomic E-state index is 9.90. The van der Waals surface area contributed by atoms with Crippen molar-refractivity contribution in [2.24, 2.45) is 5.92 Å². The molecule has 1 aromatic rings. The van der Waals surface area contributed by atoms with Crippen LogP contribution in [0.25, 0.3) is 0 Å². The molecule has 2 heterocycles. The third-order valence-electron chi connectivity index (χ3n) is 2.35. The van der Waals surface area contributed by atoms with Gasteiger partial charge in [-0.05, 0) is 12.8 Å². The molecule has 0 radical (unpaired) electrons. The predicted molar refractivity (Wildman–Crippen MR) is 50.6 cm³/mol. The Morgan fingerprint density at radius 3 is 3.23 bits per heavy atom. The highest BCUT2D eigenvalue weighted by atomic mass is 32.1. The minimum atomic E-state index is -0.430. The van der Waals surface area contributed by atoms with Crippen molar-refractivity contribution < 1.29 is 9.84 Å². The molecule has 0 spiro atoms. The third-order valence-corrected chi connectivity index (χ3v) is 3.19. The molecule has 0 amide bonds. The van der Waals surface area contributed by atoms with E-state index in [0.29, 0.717) is 6.61 Å². The molecule has 1 fully saturated rings. The van der Waals surface area contributed by atoms with Crippen molar-refractivity contribution in [3.63, 3.8) is 0 Å². The maximum Gasteiger partial charge on any atom is 0.122 e. The minimum Gasteiger partial charge on any atom is -0.386 e. The van der Waals surface area contributed by atoms with Crippen LogP contribution < -0.4 is 0 Å². The molecule has 1 aromatic heterocycles. The van der Waals surface area contributed by atoms with E-state index < -0.39 is 6.10 Å². The van der Waals surface area contributed by atoms with Crippen LogP contribution >= 0.6 is 11.3 Å². The molecule has 4 heteroatoms. The second-order valence-electron chi connectivity index (χ2n) is 3.29. The molecule has 1 N–H and O–H groups in total. The standard InChI is InChI=1S/C9H13NO2S/c11-8(9-10-3-5-13-9)7-2-1-4-12-6-7/h3,5,7-8,11H,1-2,4,6H2. The quantitative estimate of drug-likeness (QED) is 0.786. The van der Waals surface area contributed by atoms with Gasteiger partial charge in [-0.3, -0.25) is 0 Å². The van der Waals surface area contributed by atoms with Gasteiger partial charge in [0, 0.05) is 24.1 Å². The lowest BCUT2D eigenvalue weighted by Gasteiger charge is -2.25. The van der Waals surface area contributed by atoms with Gasteiger partial charge in [0.05, 0.1) is 6.61 Å². The predicted octanol–water partition coefficient (Wildman–Crippen LogP) is 1.60. The molecule has 72 valence electrons. The van der Waals surface area contributed by atoms with Crippen molar-refractivity contribution in [1.29, 1.82) is 0 Å². The number of ether oxygens (including phenoxy) is 1. The summed E-state index contributed by atoms with van der Waals surface area (Å²) in [5, 5.41) is 12.6. The van der Waals surface area contributed by atoms with Crippen molar-refractivity contribution in [1.82, 2.24) is 4.98 Å². The second kappa shape index (κ2) is 4.17. The number of aliphatic hydroxyl groups excluding tert-OH is 1. The molecule has 1 aliphatic heterocycles. The van der Waals surface area contributed by atoms with E-state index in [4.69, 9.17) is 4.74 Å². The van der Waals surface area contributed by atoms with Crippen LogP contribution in [0, 0.1) is 5.92 Å². The molecule has 0 aromatic carbocycles. The van der Waals surface area contributed by atoms with E-state index in [0.717, 1.165) is 24.5 Å². The summed E-state index contributed by atoms with van der Waals surface area (Å²) in [6, 6.07) is 0. The highest BCUT2D eigenvalue weighted by molar-refractivity contribution is 7.09. The van der Waals surface area contributed by atoms with Crippen LogP contribution in [-0.2, 0) is 4.74 Å². The lowest BCUT2D eigenvalue weighted by Crippen LogP contribution is -2.23. The fourth-order valence-corrected chi connectivity index (χ4v) is 2.31. The van der Waals surface area contributed by atoms with Crippen molar-refractivity contribution >= 4 is 11.3 Å². The first-order valence-electron chi connectivity index (χ1n) is 4.53. The first kappa shape index (κ1) is 9.12. The van der Waals surface area contributed by atoms with Gasteiger partial charge in [-0.15, -0.1) is 11.3 Å². The molecule has 2 unspecified atom stereocenters. The van der Waals surface area contributed by atoms with Gasteiger partial charge < -0.3 is 9.84 Å². The fraction of sp³-hybridized carbons (Fsp3) is 0.667. The van der Waals surface area contributed by atoms with Crippen molar-refractivity contribution in [3.05, 3.63) is 16.6 Å². The van der Waals surface area contributed by atoms with E-state index in [2.05, 4.69) is 4.98 Å². The summed E-state index contributed by atoms with van der Waals surface area (Å²) in [5.41, 5.74) is 0. The van der Waals surface area contributed by atoms with Crippen LogP contribution in [0.15, 0.2) is 11.6 Å². The average Bonchev–Trinajstić information content (AvgIpc) is 2.71. The van der Waals surface area contributed by atoms with Crippen molar-refractivity contribution in [3.8, 4) is 0 Å². The Balaban J connectivity index is 1.99. The van der Waals surface area contributed by atoms with Crippen LogP contribution in [0.3, 0.4) is 0 Å². The summed E-state index contributed by atoms with van der Waals surface area (Å²) in [6.07, 6.45) is 3.39. The molecule has 13 heavy (non-hydrogen) atoms. The zero-order chi connectivity index (χ0) is 9.10. The lowest BCUT2D eigenvalue weighted by atomic mass is 9.96. The summed E-state index contributed by atoms with van der Waals surface area (Å²) in [7, 11) is 0. The van der Waals surface area contributed by atoms with Crippen LogP contribution in [0.1, 0.15) is 24.0 Å². The zero-order valence-electron chi connectivity index (χ0n) is 7.35. The summed E-state index contributed by atoms with van der Waals surface area (Å²) in [5.74, 6) is 0.236. The summed E-state index contributed by atoms with van der Waals surface area (Å²) >= 11 is 1.51. The Morgan fingerprint density at radius 1 is 1.69 bits per heavy atom. The SMILES string of the molecule is OC(c1nccs1)C1CCCOC1. The van der Waals surface area contributed by atoms with E-state index in [1.165, 1.54) is 11.3 Å². The number of thiazole rings is 1. The van der Waals surface area contributed by atoms with Gasteiger partial charge in [0.1, 0.15) is 11.1 Å². The van der Waals surface area contributed by atoms with Crippen LogP contribution in [0.4, 0.5) is 0 Å². The molecular formula is C9H13NO2S. The van der Waals surface area contributed by atoms with E-state index in [9.17, 15) is 5.11 Å². The van der Waals surface area contributed by atoms with E-state index >= 15 is 0 Å². The van der Waals surface area contributed by atoms with E-state index in [1.807, 2.05) is 5.38 Å². The number of nitrogens with zero attached hydrogens (tertiary/aromatic N) is 1. The zero-order valence-corrected chi connectivity index (χ0v) is 8.17. The largest absolute Gasteiger partial charge is 0.386 e. The second-order valence-corrected chi connectivity index (χ2v) is 4.22.